The third kappa shape index (κ3) is 3.24. The topological polar surface area (TPSA) is 44.1 Å². The Hall–Kier alpha value is -2.99. The molecule has 0 radical (unpaired) electrons. The van der Waals surface area contributed by atoms with Crippen LogP contribution in [0.15, 0.2) is 48.5 Å². The average molecular weight is 380 g/mol. The largest absolute Gasteiger partial charge is 0.422 e. The summed E-state index contributed by atoms with van der Waals surface area (Å²) in [5.41, 5.74) is 2.99. The number of carbonyl (C=O) groups is 1. The molecule has 6 heteroatoms. The summed E-state index contributed by atoms with van der Waals surface area (Å²) in [7, 11) is 1.78. The zero-order valence-electron chi connectivity index (χ0n) is 15.1. The molecule has 4 nitrogen and oxygen atoms in total. The van der Waals surface area contributed by atoms with E-state index in [1.165, 1.54) is 17.4 Å². The number of fused-ring (bicyclic) bond motifs is 1. The molecule has 0 N–H and O–H groups in total. The summed E-state index contributed by atoms with van der Waals surface area (Å²) < 4.78 is 21.4. The van der Waals surface area contributed by atoms with Crippen LogP contribution >= 0.6 is 11.3 Å². The van der Waals surface area contributed by atoms with Crippen molar-refractivity contribution in [3.63, 3.8) is 0 Å². The quantitative estimate of drug-likeness (QED) is 0.359. The molecule has 27 heavy (non-hydrogen) atoms. The third-order valence-electron chi connectivity index (χ3n) is 4.25. The van der Waals surface area contributed by atoms with E-state index in [2.05, 4.69) is 5.10 Å². The standard InChI is InChI=1S/C21H17FN2O2S/c1-12-8-13(2)10-14(9-12)26-21(25)18-11-16-19(23-24(3)20(16)27-18)15-6-4-5-7-17(15)22/h4-11H,1-3H3. The van der Waals surface area contributed by atoms with Crippen molar-refractivity contribution in [1.29, 1.82) is 0 Å². The monoisotopic (exact) mass is 380 g/mol. The van der Waals surface area contributed by atoms with Crippen LogP contribution in [0.4, 0.5) is 4.39 Å². The second-order valence-electron chi connectivity index (χ2n) is 6.49. The number of benzene rings is 2. The predicted molar refractivity (Wildman–Crippen MR) is 105 cm³/mol. The first kappa shape index (κ1) is 17.4. The average Bonchev–Trinajstić information content (AvgIpc) is 3.16. The molecule has 0 saturated heterocycles. The van der Waals surface area contributed by atoms with Crippen molar-refractivity contribution >= 4 is 27.5 Å². The first-order chi connectivity index (χ1) is 12.9. The summed E-state index contributed by atoms with van der Waals surface area (Å²) in [4.78, 5) is 13.9. The first-order valence-corrected chi connectivity index (χ1v) is 9.26. The summed E-state index contributed by atoms with van der Waals surface area (Å²) in [6, 6.07) is 13.9. The van der Waals surface area contributed by atoms with E-state index in [0.717, 1.165) is 21.3 Å². The van der Waals surface area contributed by atoms with Crippen LogP contribution in [0.3, 0.4) is 0 Å². The smallest absolute Gasteiger partial charge is 0.353 e. The van der Waals surface area contributed by atoms with Gasteiger partial charge in [0, 0.05) is 18.0 Å². The lowest BCUT2D eigenvalue weighted by atomic mass is 10.1. The van der Waals surface area contributed by atoms with Gasteiger partial charge in [-0.25, -0.2) is 9.18 Å². The molecular weight excluding hydrogens is 363 g/mol. The molecule has 0 spiro atoms. The number of hydrogen-bond acceptors (Lipinski definition) is 4. The van der Waals surface area contributed by atoms with E-state index in [-0.39, 0.29) is 5.82 Å². The van der Waals surface area contributed by atoms with Crippen molar-refractivity contribution in [2.24, 2.45) is 7.05 Å². The summed E-state index contributed by atoms with van der Waals surface area (Å²) in [5, 5.41) is 5.16. The summed E-state index contributed by atoms with van der Waals surface area (Å²) in [6.07, 6.45) is 0. The van der Waals surface area contributed by atoms with E-state index in [1.807, 2.05) is 32.0 Å². The van der Waals surface area contributed by atoms with Crippen LogP contribution in [0.1, 0.15) is 20.8 Å². The van der Waals surface area contributed by atoms with Gasteiger partial charge in [-0.05, 0) is 55.3 Å². The van der Waals surface area contributed by atoms with Gasteiger partial charge < -0.3 is 4.74 Å². The maximum atomic E-state index is 14.2. The molecule has 0 bridgehead atoms. The van der Waals surface area contributed by atoms with Crippen molar-refractivity contribution in [3.8, 4) is 17.0 Å². The van der Waals surface area contributed by atoms with Crippen LogP contribution in [0.5, 0.6) is 5.75 Å². The number of carbonyl (C=O) groups excluding carboxylic acids is 1. The first-order valence-electron chi connectivity index (χ1n) is 8.44. The molecule has 0 aliphatic heterocycles. The van der Waals surface area contributed by atoms with Crippen molar-refractivity contribution in [1.82, 2.24) is 9.78 Å². The fourth-order valence-electron chi connectivity index (χ4n) is 3.14. The van der Waals surface area contributed by atoms with Gasteiger partial charge in [0.25, 0.3) is 0 Å². The fraction of sp³-hybridized carbons (Fsp3) is 0.143. The number of rotatable bonds is 3. The van der Waals surface area contributed by atoms with E-state index in [0.29, 0.717) is 21.9 Å². The minimum atomic E-state index is -0.430. The van der Waals surface area contributed by atoms with Gasteiger partial charge >= 0.3 is 5.97 Å². The number of thiophene rings is 1. The molecule has 0 saturated carbocycles. The fourth-order valence-corrected chi connectivity index (χ4v) is 4.09. The van der Waals surface area contributed by atoms with Crippen LogP contribution < -0.4 is 4.74 Å². The molecule has 0 fully saturated rings. The van der Waals surface area contributed by atoms with Crippen molar-refractivity contribution in [3.05, 3.63) is 70.4 Å². The van der Waals surface area contributed by atoms with E-state index in [4.69, 9.17) is 4.74 Å². The second kappa shape index (κ2) is 6.63. The molecule has 0 aliphatic rings. The highest BCUT2D eigenvalue weighted by Gasteiger charge is 2.20. The van der Waals surface area contributed by atoms with E-state index < -0.39 is 5.97 Å². The minimum Gasteiger partial charge on any atom is -0.422 e. The van der Waals surface area contributed by atoms with Crippen LogP contribution in [0, 0.1) is 19.7 Å². The highest BCUT2D eigenvalue weighted by Crippen LogP contribution is 2.35. The lowest BCUT2D eigenvalue weighted by molar-refractivity contribution is 0.0740. The number of ether oxygens (including phenoxy) is 1. The Morgan fingerprint density at radius 2 is 1.81 bits per heavy atom. The van der Waals surface area contributed by atoms with E-state index >= 15 is 0 Å². The van der Waals surface area contributed by atoms with Gasteiger partial charge in [-0.3, -0.25) is 4.68 Å². The molecule has 4 rings (SSSR count). The number of nitrogens with zero attached hydrogens (tertiary/aromatic N) is 2. The van der Waals surface area contributed by atoms with E-state index in [9.17, 15) is 9.18 Å². The maximum Gasteiger partial charge on any atom is 0.353 e. The Kier molecular flexibility index (Phi) is 4.28. The molecule has 136 valence electrons. The van der Waals surface area contributed by atoms with Crippen LogP contribution in [0.2, 0.25) is 0 Å². The molecule has 2 aromatic carbocycles. The van der Waals surface area contributed by atoms with Crippen molar-refractivity contribution < 1.29 is 13.9 Å². The molecule has 0 amide bonds. The zero-order chi connectivity index (χ0) is 19.1. The molecular formula is C21H17FN2O2S. The SMILES string of the molecule is Cc1cc(C)cc(OC(=O)c2cc3c(-c4ccccc4F)nn(C)c3s2)c1. The van der Waals surface area contributed by atoms with Gasteiger partial charge in [0.05, 0.1) is 0 Å². The Morgan fingerprint density at radius 3 is 2.52 bits per heavy atom. The normalized spacial score (nSPS) is 11.1. The zero-order valence-corrected chi connectivity index (χ0v) is 15.9. The van der Waals surface area contributed by atoms with Gasteiger partial charge in [0.15, 0.2) is 0 Å². The number of esters is 1. The van der Waals surface area contributed by atoms with Crippen molar-refractivity contribution in [2.75, 3.05) is 0 Å². The van der Waals surface area contributed by atoms with Gasteiger partial charge in [-0.15, -0.1) is 11.3 Å². The minimum absolute atomic E-state index is 0.344. The Balaban J connectivity index is 1.72. The Morgan fingerprint density at radius 1 is 1.11 bits per heavy atom. The van der Waals surface area contributed by atoms with Gasteiger partial charge in [0.1, 0.15) is 27.0 Å². The third-order valence-corrected chi connectivity index (χ3v) is 5.43. The molecule has 0 aliphatic carbocycles. The number of aromatic nitrogens is 2. The molecule has 2 heterocycles. The highest BCUT2D eigenvalue weighted by atomic mass is 32.1. The maximum absolute atomic E-state index is 14.2. The Labute approximate surface area is 159 Å². The predicted octanol–water partition coefficient (Wildman–Crippen LogP) is 5.28. The summed E-state index contributed by atoms with van der Waals surface area (Å²) in [6.45, 7) is 3.91. The number of halogens is 1. The van der Waals surface area contributed by atoms with Gasteiger partial charge in [-0.1, -0.05) is 18.2 Å². The molecule has 0 unspecified atom stereocenters. The van der Waals surface area contributed by atoms with Crippen LogP contribution in [-0.2, 0) is 7.05 Å². The van der Waals surface area contributed by atoms with Gasteiger partial charge in [0.2, 0.25) is 0 Å². The molecule has 2 aromatic heterocycles. The second-order valence-corrected chi connectivity index (χ2v) is 7.53. The highest BCUT2D eigenvalue weighted by molar-refractivity contribution is 7.20. The lowest BCUT2D eigenvalue weighted by Gasteiger charge is -2.05. The summed E-state index contributed by atoms with van der Waals surface area (Å²) in [5.74, 6) is -0.258. The number of hydrogen-bond donors (Lipinski definition) is 0. The lowest BCUT2D eigenvalue weighted by Crippen LogP contribution is -2.06. The van der Waals surface area contributed by atoms with Crippen LogP contribution in [-0.4, -0.2) is 15.7 Å². The van der Waals surface area contributed by atoms with Crippen molar-refractivity contribution in [2.45, 2.75) is 13.8 Å². The summed E-state index contributed by atoms with van der Waals surface area (Å²) >= 11 is 1.28. The molecule has 0 atom stereocenters. The Bertz CT molecular complexity index is 1160. The van der Waals surface area contributed by atoms with Crippen LogP contribution in [0.25, 0.3) is 21.5 Å². The van der Waals surface area contributed by atoms with Gasteiger partial charge in [-0.2, -0.15) is 5.10 Å². The van der Waals surface area contributed by atoms with E-state index in [1.54, 1.807) is 36.0 Å². The molecule has 4 aromatic rings. The number of aryl methyl sites for hydroxylation is 3.